The summed E-state index contributed by atoms with van der Waals surface area (Å²) < 4.78 is 12.0. The van der Waals surface area contributed by atoms with E-state index in [2.05, 4.69) is 0 Å². The summed E-state index contributed by atoms with van der Waals surface area (Å²) in [5, 5.41) is 8.55. The average molecular weight is 197 g/mol. The van der Waals surface area contributed by atoms with Crippen molar-refractivity contribution in [3.63, 3.8) is 0 Å². The van der Waals surface area contributed by atoms with E-state index in [1.165, 1.54) is 5.54 Å². The van der Waals surface area contributed by atoms with E-state index in [0.717, 1.165) is 5.56 Å². The monoisotopic (exact) mass is 197 g/mol. The van der Waals surface area contributed by atoms with Crippen molar-refractivity contribution < 1.29 is 14.4 Å². The second-order valence-electron chi connectivity index (χ2n) is 3.02. The molecule has 3 nitrogen and oxygen atoms in total. The molecule has 0 spiro atoms. The zero-order valence-corrected chi connectivity index (χ0v) is 7.61. The molecule has 4 heteroatoms. The van der Waals surface area contributed by atoms with Gasteiger partial charge in [-0.2, -0.15) is 0 Å². The molecule has 0 saturated carbocycles. The van der Waals surface area contributed by atoms with Crippen molar-refractivity contribution in [3.05, 3.63) is 35.9 Å². The van der Waals surface area contributed by atoms with Crippen molar-refractivity contribution in [2.45, 2.75) is 18.9 Å². The van der Waals surface area contributed by atoms with E-state index >= 15 is 0 Å². The second-order valence-corrected chi connectivity index (χ2v) is 3.02. The number of halogens is 1. The van der Waals surface area contributed by atoms with Crippen molar-refractivity contribution in [1.82, 2.24) is 5.54 Å². The molecule has 0 fully saturated rings. The molecule has 0 saturated heterocycles. The lowest BCUT2D eigenvalue weighted by molar-refractivity contribution is -0.141. The molecule has 0 amide bonds. The molecular formula is C10H12FNO2. The van der Waals surface area contributed by atoms with Gasteiger partial charge in [-0.25, -0.2) is 0 Å². The van der Waals surface area contributed by atoms with Crippen molar-refractivity contribution in [2.24, 2.45) is 0 Å². The predicted molar refractivity (Wildman–Crippen MR) is 50.4 cm³/mol. The fourth-order valence-corrected chi connectivity index (χ4v) is 1.18. The summed E-state index contributed by atoms with van der Waals surface area (Å²) >= 11 is 0. The third-order valence-corrected chi connectivity index (χ3v) is 1.99. The highest BCUT2D eigenvalue weighted by Gasteiger charge is 2.15. The Morgan fingerprint density at radius 3 is 2.57 bits per heavy atom. The maximum absolute atomic E-state index is 12.0. The smallest absolute Gasteiger partial charge is 0.323 e. The summed E-state index contributed by atoms with van der Waals surface area (Å²) in [4.78, 5) is 10.4. The molecule has 2 N–H and O–H groups in total. The van der Waals surface area contributed by atoms with Crippen LogP contribution in [0.2, 0.25) is 0 Å². The minimum Gasteiger partial charge on any atom is -0.480 e. The topological polar surface area (TPSA) is 49.3 Å². The first-order chi connectivity index (χ1) is 6.74. The van der Waals surface area contributed by atoms with Crippen LogP contribution in [0.1, 0.15) is 12.0 Å². The van der Waals surface area contributed by atoms with Gasteiger partial charge in [-0.15, -0.1) is 10.0 Å². The highest BCUT2D eigenvalue weighted by molar-refractivity contribution is 5.73. The fraction of sp³-hybridized carbons (Fsp3) is 0.300. The first-order valence-corrected chi connectivity index (χ1v) is 4.37. The van der Waals surface area contributed by atoms with Crippen molar-refractivity contribution in [3.8, 4) is 0 Å². The molecule has 0 aliphatic rings. The van der Waals surface area contributed by atoms with E-state index in [1.54, 1.807) is 0 Å². The fourth-order valence-electron chi connectivity index (χ4n) is 1.18. The number of benzene rings is 1. The molecule has 0 radical (unpaired) electrons. The maximum Gasteiger partial charge on any atom is 0.323 e. The summed E-state index contributed by atoms with van der Waals surface area (Å²) in [6.45, 7) is 0. The number of aliphatic carboxylic acids is 1. The van der Waals surface area contributed by atoms with Gasteiger partial charge in [0.2, 0.25) is 0 Å². The predicted octanol–water partition coefficient (Wildman–Crippen LogP) is 1.55. The second kappa shape index (κ2) is 5.34. The standard InChI is InChI=1S/C10H12FNO2/c11-12-9(10(13)14)7-6-8-4-2-1-3-5-8/h1-5,9,12H,6-7H2,(H,13,14). The minimum absolute atomic E-state index is 0.246. The average Bonchev–Trinajstić information content (AvgIpc) is 2.20. The Morgan fingerprint density at radius 1 is 1.43 bits per heavy atom. The molecule has 1 atom stereocenters. The summed E-state index contributed by atoms with van der Waals surface area (Å²) in [6, 6.07) is 8.28. The SMILES string of the molecule is O=C(O)C(CCc1ccccc1)NF. The molecule has 0 aliphatic heterocycles. The van der Waals surface area contributed by atoms with Crippen LogP contribution in [-0.2, 0) is 11.2 Å². The summed E-state index contributed by atoms with van der Waals surface area (Å²) in [6.07, 6.45) is 0.796. The van der Waals surface area contributed by atoms with E-state index in [0.29, 0.717) is 6.42 Å². The van der Waals surface area contributed by atoms with Gasteiger partial charge in [0, 0.05) is 0 Å². The van der Waals surface area contributed by atoms with Crippen LogP contribution in [0.15, 0.2) is 30.3 Å². The Hall–Kier alpha value is -1.42. The molecule has 1 aromatic rings. The Balaban J connectivity index is 2.44. The maximum atomic E-state index is 12.0. The summed E-state index contributed by atoms with van der Waals surface area (Å²) in [7, 11) is 0. The molecule has 0 bridgehead atoms. The zero-order valence-electron chi connectivity index (χ0n) is 7.61. The molecule has 1 unspecified atom stereocenters. The molecule has 14 heavy (non-hydrogen) atoms. The molecule has 1 rings (SSSR count). The van der Waals surface area contributed by atoms with Crippen LogP contribution < -0.4 is 5.54 Å². The third-order valence-electron chi connectivity index (χ3n) is 1.99. The number of carboxylic acids is 1. The lowest BCUT2D eigenvalue weighted by atomic mass is 10.1. The van der Waals surface area contributed by atoms with E-state index in [-0.39, 0.29) is 6.42 Å². The molecule has 0 aliphatic carbocycles. The third kappa shape index (κ3) is 3.14. The van der Waals surface area contributed by atoms with Gasteiger partial charge in [-0.1, -0.05) is 30.3 Å². The molecule has 1 aromatic carbocycles. The van der Waals surface area contributed by atoms with Crippen LogP contribution in [-0.4, -0.2) is 17.1 Å². The number of carbonyl (C=O) groups is 1. The number of aryl methyl sites for hydroxylation is 1. The number of rotatable bonds is 5. The number of nitrogens with one attached hydrogen (secondary N) is 1. The minimum atomic E-state index is -1.16. The zero-order chi connectivity index (χ0) is 10.4. The van der Waals surface area contributed by atoms with E-state index < -0.39 is 12.0 Å². The Kier molecular flexibility index (Phi) is 4.07. The Morgan fingerprint density at radius 2 is 2.07 bits per heavy atom. The molecule has 0 heterocycles. The quantitative estimate of drug-likeness (QED) is 0.704. The Bertz CT molecular complexity index is 289. The van der Waals surface area contributed by atoms with Gasteiger partial charge >= 0.3 is 5.97 Å². The highest BCUT2D eigenvalue weighted by Crippen LogP contribution is 2.05. The molecule has 76 valence electrons. The van der Waals surface area contributed by atoms with Crippen LogP contribution >= 0.6 is 0 Å². The van der Waals surface area contributed by atoms with Crippen LogP contribution in [0.25, 0.3) is 0 Å². The van der Waals surface area contributed by atoms with Gasteiger partial charge < -0.3 is 5.11 Å². The highest BCUT2D eigenvalue weighted by atomic mass is 19.2. The van der Waals surface area contributed by atoms with Crippen molar-refractivity contribution >= 4 is 5.97 Å². The summed E-state index contributed by atoms with van der Waals surface area (Å²) in [5.41, 5.74) is 2.28. The lowest BCUT2D eigenvalue weighted by Crippen LogP contribution is -2.31. The van der Waals surface area contributed by atoms with Crippen LogP contribution in [0.3, 0.4) is 0 Å². The first kappa shape index (κ1) is 10.7. The normalized spacial score (nSPS) is 12.4. The van der Waals surface area contributed by atoms with Gasteiger partial charge in [0.15, 0.2) is 0 Å². The Labute approximate surface area is 81.5 Å². The largest absolute Gasteiger partial charge is 0.480 e. The number of hydrogen-bond donors (Lipinski definition) is 2. The van der Waals surface area contributed by atoms with Crippen molar-refractivity contribution in [2.75, 3.05) is 0 Å². The van der Waals surface area contributed by atoms with E-state index in [1.807, 2.05) is 30.3 Å². The van der Waals surface area contributed by atoms with Crippen LogP contribution in [0.5, 0.6) is 0 Å². The van der Waals surface area contributed by atoms with Crippen LogP contribution in [0.4, 0.5) is 4.48 Å². The summed E-state index contributed by atoms with van der Waals surface area (Å²) in [5.74, 6) is -1.16. The number of hydrogen-bond acceptors (Lipinski definition) is 2. The first-order valence-electron chi connectivity index (χ1n) is 4.37. The van der Waals surface area contributed by atoms with Gasteiger partial charge in [0.1, 0.15) is 6.04 Å². The van der Waals surface area contributed by atoms with Crippen molar-refractivity contribution in [1.29, 1.82) is 0 Å². The van der Waals surface area contributed by atoms with Gasteiger partial charge in [0.25, 0.3) is 0 Å². The van der Waals surface area contributed by atoms with Crippen LogP contribution in [0, 0.1) is 0 Å². The number of carboxylic acid groups (broad SMARTS) is 1. The molecular weight excluding hydrogens is 185 g/mol. The molecule has 0 aromatic heterocycles. The van der Waals surface area contributed by atoms with E-state index in [4.69, 9.17) is 5.11 Å². The lowest BCUT2D eigenvalue weighted by Gasteiger charge is -2.07. The van der Waals surface area contributed by atoms with Gasteiger partial charge in [-0.05, 0) is 18.4 Å². The van der Waals surface area contributed by atoms with E-state index in [9.17, 15) is 9.28 Å². The van der Waals surface area contributed by atoms with Gasteiger partial charge in [0.05, 0.1) is 0 Å². The van der Waals surface area contributed by atoms with Gasteiger partial charge in [-0.3, -0.25) is 4.79 Å².